The second-order valence-corrected chi connectivity index (χ2v) is 5.23. The van der Waals surface area contributed by atoms with Crippen LogP contribution < -0.4 is 0 Å². The van der Waals surface area contributed by atoms with Gasteiger partial charge in [0.1, 0.15) is 5.82 Å². The minimum absolute atomic E-state index is 0.0727. The zero-order chi connectivity index (χ0) is 17.6. The number of nitrogens with zero attached hydrogens (tertiary/aromatic N) is 1. The zero-order valence-corrected chi connectivity index (χ0v) is 13.2. The standard InChI is InChI=1S/C17H18F4N2O/c1-2-3-7-24-8-6-14(12-10-22-23-11-12)15-5-4-13(9-16(15)18)17(19,20)21/h4-6,9-11H,2-3,7-8H2,1H3,(H,22,23)/b14-6+. The monoisotopic (exact) mass is 342 g/mol. The number of hydrogen-bond acceptors (Lipinski definition) is 2. The molecule has 3 nitrogen and oxygen atoms in total. The summed E-state index contributed by atoms with van der Waals surface area (Å²) < 4.78 is 57.7. The zero-order valence-electron chi connectivity index (χ0n) is 13.2. The molecule has 0 radical (unpaired) electrons. The van der Waals surface area contributed by atoms with Gasteiger partial charge in [-0.2, -0.15) is 18.3 Å². The predicted molar refractivity (Wildman–Crippen MR) is 82.8 cm³/mol. The van der Waals surface area contributed by atoms with Crippen molar-refractivity contribution in [2.75, 3.05) is 13.2 Å². The lowest BCUT2D eigenvalue weighted by Gasteiger charge is -2.11. The average Bonchev–Trinajstić information content (AvgIpc) is 3.05. The molecule has 0 fully saturated rings. The molecular weight excluding hydrogens is 324 g/mol. The highest BCUT2D eigenvalue weighted by Gasteiger charge is 2.31. The van der Waals surface area contributed by atoms with Gasteiger partial charge >= 0.3 is 6.18 Å². The lowest BCUT2D eigenvalue weighted by atomic mass is 9.98. The Kier molecular flexibility index (Phi) is 6.14. The van der Waals surface area contributed by atoms with E-state index >= 15 is 0 Å². The SMILES string of the molecule is CCCCOC/C=C(\c1cn[nH]c1)c1ccc(C(F)(F)F)cc1F. The Bertz CT molecular complexity index is 678. The molecule has 1 aromatic heterocycles. The highest BCUT2D eigenvalue weighted by atomic mass is 19.4. The Balaban J connectivity index is 2.29. The van der Waals surface area contributed by atoms with Crippen LogP contribution in [0, 0.1) is 5.82 Å². The molecule has 0 spiro atoms. The smallest absolute Gasteiger partial charge is 0.377 e. The van der Waals surface area contributed by atoms with Gasteiger partial charge in [-0.05, 0) is 24.1 Å². The number of aromatic nitrogens is 2. The van der Waals surface area contributed by atoms with E-state index in [1.807, 2.05) is 6.92 Å². The van der Waals surface area contributed by atoms with Crippen LogP contribution >= 0.6 is 0 Å². The van der Waals surface area contributed by atoms with E-state index < -0.39 is 17.6 Å². The van der Waals surface area contributed by atoms with Gasteiger partial charge in [0, 0.05) is 23.9 Å². The number of ether oxygens (including phenoxy) is 1. The third-order valence-electron chi connectivity index (χ3n) is 3.44. The van der Waals surface area contributed by atoms with E-state index in [2.05, 4.69) is 10.2 Å². The third-order valence-corrected chi connectivity index (χ3v) is 3.44. The van der Waals surface area contributed by atoms with Crippen LogP contribution in [0.15, 0.2) is 36.7 Å². The molecule has 7 heteroatoms. The number of aromatic amines is 1. The molecule has 0 saturated carbocycles. The highest BCUT2D eigenvalue weighted by molar-refractivity contribution is 5.79. The Morgan fingerprint density at radius 1 is 1.33 bits per heavy atom. The fourth-order valence-electron chi connectivity index (χ4n) is 2.16. The van der Waals surface area contributed by atoms with Gasteiger partial charge in [-0.15, -0.1) is 0 Å². The van der Waals surface area contributed by atoms with Crippen molar-refractivity contribution in [1.82, 2.24) is 10.2 Å². The normalized spacial score (nSPS) is 12.6. The second-order valence-electron chi connectivity index (χ2n) is 5.23. The molecule has 0 aliphatic heterocycles. The quantitative estimate of drug-likeness (QED) is 0.579. The molecule has 0 saturated heterocycles. The minimum Gasteiger partial charge on any atom is -0.377 e. The number of nitrogens with one attached hydrogen (secondary N) is 1. The van der Waals surface area contributed by atoms with E-state index in [1.54, 1.807) is 12.3 Å². The fraction of sp³-hybridized carbons (Fsp3) is 0.353. The molecule has 1 N–H and O–H groups in total. The maximum absolute atomic E-state index is 14.2. The van der Waals surface area contributed by atoms with Crippen molar-refractivity contribution < 1.29 is 22.3 Å². The van der Waals surface area contributed by atoms with Gasteiger partial charge in [0.05, 0.1) is 18.4 Å². The number of hydrogen-bond donors (Lipinski definition) is 1. The lowest BCUT2D eigenvalue weighted by molar-refractivity contribution is -0.137. The summed E-state index contributed by atoms with van der Waals surface area (Å²) in [6.45, 7) is 2.84. The molecule has 1 heterocycles. The third kappa shape index (κ3) is 4.67. The molecule has 0 aliphatic carbocycles. The molecule has 0 amide bonds. The number of alkyl halides is 3. The first-order chi connectivity index (χ1) is 11.4. The van der Waals surface area contributed by atoms with Gasteiger partial charge in [-0.3, -0.25) is 5.10 Å². The number of H-pyrrole nitrogens is 1. The van der Waals surface area contributed by atoms with E-state index in [-0.39, 0.29) is 12.2 Å². The van der Waals surface area contributed by atoms with E-state index in [4.69, 9.17) is 4.74 Å². The fourth-order valence-corrected chi connectivity index (χ4v) is 2.16. The van der Waals surface area contributed by atoms with E-state index in [0.29, 0.717) is 23.8 Å². The molecular formula is C17H18F4N2O. The van der Waals surface area contributed by atoms with Crippen molar-refractivity contribution in [1.29, 1.82) is 0 Å². The van der Waals surface area contributed by atoms with Crippen LogP contribution in [-0.4, -0.2) is 23.4 Å². The summed E-state index contributed by atoms with van der Waals surface area (Å²) in [6, 6.07) is 2.49. The van der Waals surface area contributed by atoms with Crippen LogP contribution in [0.3, 0.4) is 0 Å². The lowest BCUT2D eigenvalue weighted by Crippen LogP contribution is -2.06. The summed E-state index contributed by atoms with van der Waals surface area (Å²) in [5.41, 5.74) is 0.0669. The van der Waals surface area contributed by atoms with Crippen LogP contribution in [0.4, 0.5) is 17.6 Å². The van der Waals surface area contributed by atoms with Crippen LogP contribution in [0.2, 0.25) is 0 Å². The number of benzene rings is 1. The largest absolute Gasteiger partial charge is 0.416 e. The summed E-state index contributed by atoms with van der Waals surface area (Å²) in [6.07, 6.45) is 1.99. The molecule has 0 atom stereocenters. The molecule has 24 heavy (non-hydrogen) atoms. The molecule has 130 valence electrons. The van der Waals surface area contributed by atoms with Gasteiger partial charge in [-0.1, -0.05) is 25.5 Å². The predicted octanol–water partition coefficient (Wildman–Crippen LogP) is 4.82. The van der Waals surface area contributed by atoms with Gasteiger partial charge in [0.2, 0.25) is 0 Å². The topological polar surface area (TPSA) is 37.9 Å². The highest BCUT2D eigenvalue weighted by Crippen LogP contribution is 2.33. The molecule has 0 bridgehead atoms. The van der Waals surface area contributed by atoms with Gasteiger partial charge < -0.3 is 4.74 Å². The van der Waals surface area contributed by atoms with Crippen LogP contribution in [0.1, 0.15) is 36.5 Å². The van der Waals surface area contributed by atoms with E-state index in [1.165, 1.54) is 6.20 Å². The van der Waals surface area contributed by atoms with Crippen LogP contribution in [0.5, 0.6) is 0 Å². The Labute approximate surface area is 137 Å². The summed E-state index contributed by atoms with van der Waals surface area (Å²) in [4.78, 5) is 0. The first-order valence-corrected chi connectivity index (χ1v) is 7.57. The number of halogens is 4. The maximum Gasteiger partial charge on any atom is 0.416 e. The van der Waals surface area contributed by atoms with Crippen LogP contribution in [-0.2, 0) is 10.9 Å². The van der Waals surface area contributed by atoms with Crippen LogP contribution in [0.25, 0.3) is 5.57 Å². The average molecular weight is 342 g/mol. The Hall–Kier alpha value is -2.15. The van der Waals surface area contributed by atoms with Crippen molar-refractivity contribution in [3.05, 3.63) is 59.2 Å². The number of unbranched alkanes of at least 4 members (excludes halogenated alkanes) is 1. The maximum atomic E-state index is 14.2. The van der Waals surface area contributed by atoms with Gasteiger partial charge in [0.15, 0.2) is 0 Å². The molecule has 0 unspecified atom stereocenters. The number of rotatable bonds is 7. The van der Waals surface area contributed by atoms with E-state index in [0.717, 1.165) is 25.0 Å². The molecule has 2 aromatic rings. The Morgan fingerprint density at radius 2 is 2.12 bits per heavy atom. The molecule has 0 aliphatic rings. The van der Waals surface area contributed by atoms with Crippen molar-refractivity contribution in [3.8, 4) is 0 Å². The van der Waals surface area contributed by atoms with Crippen molar-refractivity contribution in [3.63, 3.8) is 0 Å². The van der Waals surface area contributed by atoms with Crippen molar-refractivity contribution >= 4 is 5.57 Å². The van der Waals surface area contributed by atoms with Gasteiger partial charge in [-0.25, -0.2) is 4.39 Å². The Morgan fingerprint density at radius 3 is 2.71 bits per heavy atom. The van der Waals surface area contributed by atoms with Crippen molar-refractivity contribution in [2.24, 2.45) is 0 Å². The minimum atomic E-state index is -4.58. The molecule has 2 rings (SSSR count). The molecule has 1 aromatic carbocycles. The van der Waals surface area contributed by atoms with E-state index in [9.17, 15) is 17.6 Å². The first-order valence-electron chi connectivity index (χ1n) is 7.57. The summed E-state index contributed by atoms with van der Waals surface area (Å²) in [7, 11) is 0. The first kappa shape index (κ1) is 18.2. The summed E-state index contributed by atoms with van der Waals surface area (Å²) in [5.74, 6) is -0.939. The summed E-state index contributed by atoms with van der Waals surface area (Å²) in [5, 5.41) is 6.42. The van der Waals surface area contributed by atoms with Gasteiger partial charge in [0.25, 0.3) is 0 Å². The van der Waals surface area contributed by atoms with Crippen molar-refractivity contribution in [2.45, 2.75) is 25.9 Å². The summed E-state index contributed by atoms with van der Waals surface area (Å²) >= 11 is 0. The second kappa shape index (κ2) is 8.10.